The van der Waals surface area contributed by atoms with E-state index in [1.807, 2.05) is 13.8 Å². The van der Waals surface area contributed by atoms with Crippen LogP contribution in [0.25, 0.3) is 0 Å². The van der Waals surface area contributed by atoms with Gasteiger partial charge in [-0.2, -0.15) is 5.10 Å². The van der Waals surface area contributed by atoms with Gasteiger partial charge in [-0.05, 0) is 44.9 Å². The lowest BCUT2D eigenvalue weighted by Gasteiger charge is -2.32. The number of nitrogens with one attached hydrogen (secondary N) is 1. The maximum atomic E-state index is 4.43. The lowest BCUT2D eigenvalue weighted by atomic mass is 9.79. The van der Waals surface area contributed by atoms with E-state index in [1.54, 1.807) is 0 Å². The fourth-order valence-electron chi connectivity index (χ4n) is 2.38. The number of rotatable bonds is 2. The zero-order valence-electron chi connectivity index (χ0n) is 11.2. The molecule has 0 aromatic carbocycles. The second-order valence-corrected chi connectivity index (χ2v) is 5.42. The van der Waals surface area contributed by atoms with Crippen molar-refractivity contribution < 1.29 is 0 Å². The zero-order chi connectivity index (χ0) is 12.4. The molecule has 2 rings (SSSR count). The lowest BCUT2D eigenvalue weighted by Crippen LogP contribution is -2.31. The van der Waals surface area contributed by atoms with E-state index >= 15 is 0 Å². The Morgan fingerprint density at radius 2 is 1.76 bits per heavy atom. The summed E-state index contributed by atoms with van der Waals surface area (Å²) in [6, 6.07) is 0.505. The van der Waals surface area contributed by atoms with Crippen molar-refractivity contribution in [3.63, 3.8) is 0 Å². The van der Waals surface area contributed by atoms with Crippen LogP contribution < -0.4 is 5.32 Å². The van der Waals surface area contributed by atoms with Crippen molar-refractivity contribution in [2.24, 2.45) is 11.8 Å². The summed E-state index contributed by atoms with van der Waals surface area (Å²) in [5, 5.41) is 11.6. The van der Waals surface area contributed by atoms with Crippen LogP contribution in [0.3, 0.4) is 0 Å². The maximum absolute atomic E-state index is 4.43. The quantitative estimate of drug-likeness (QED) is 0.854. The molecular weight excluding hydrogens is 212 g/mol. The molecule has 0 saturated heterocycles. The summed E-state index contributed by atoms with van der Waals surface area (Å²) in [6.45, 7) is 8.58. The molecule has 17 heavy (non-hydrogen) atoms. The van der Waals surface area contributed by atoms with Gasteiger partial charge in [0, 0.05) is 6.04 Å². The summed E-state index contributed by atoms with van der Waals surface area (Å²) in [4.78, 5) is 4.43. The van der Waals surface area contributed by atoms with Gasteiger partial charge in [-0.25, -0.2) is 4.98 Å². The first kappa shape index (κ1) is 12.3. The Hall–Kier alpha value is -1.19. The van der Waals surface area contributed by atoms with E-state index in [0.29, 0.717) is 12.0 Å². The molecule has 1 fully saturated rings. The Morgan fingerprint density at radius 1 is 1.00 bits per heavy atom. The highest BCUT2D eigenvalue weighted by Crippen LogP contribution is 2.30. The highest BCUT2D eigenvalue weighted by molar-refractivity contribution is 5.26. The molecule has 1 saturated carbocycles. The van der Waals surface area contributed by atoms with Gasteiger partial charge in [0.15, 0.2) is 0 Å². The summed E-state index contributed by atoms with van der Waals surface area (Å²) < 4.78 is 0. The summed E-state index contributed by atoms with van der Waals surface area (Å²) in [6.07, 6.45) is 3.70. The van der Waals surface area contributed by atoms with E-state index in [1.165, 1.54) is 19.3 Å². The molecule has 1 aromatic heterocycles. The van der Waals surface area contributed by atoms with Gasteiger partial charge in [0.1, 0.15) is 0 Å². The minimum absolute atomic E-state index is 0.505. The van der Waals surface area contributed by atoms with Crippen molar-refractivity contribution >= 4 is 5.95 Å². The molecule has 0 bridgehead atoms. The Kier molecular flexibility index (Phi) is 3.60. The van der Waals surface area contributed by atoms with Gasteiger partial charge in [0.2, 0.25) is 5.95 Å². The number of aryl methyl sites for hydroxylation is 2. The predicted molar refractivity (Wildman–Crippen MR) is 68.9 cm³/mol. The zero-order valence-corrected chi connectivity index (χ0v) is 11.2. The van der Waals surface area contributed by atoms with Crippen molar-refractivity contribution in [3.05, 3.63) is 11.4 Å². The normalized spacial score (nSPS) is 29.1. The predicted octanol–water partition coefficient (Wildman–Crippen LogP) is 2.73. The molecule has 0 radical (unpaired) electrons. The minimum atomic E-state index is 0.505. The maximum Gasteiger partial charge on any atom is 0.243 e. The Bertz CT molecular complexity index is 391. The second-order valence-electron chi connectivity index (χ2n) is 5.42. The molecule has 1 aliphatic carbocycles. The van der Waals surface area contributed by atoms with Crippen LogP contribution in [0, 0.1) is 25.7 Å². The van der Waals surface area contributed by atoms with Crippen LogP contribution in [0.1, 0.15) is 44.5 Å². The monoisotopic (exact) mass is 234 g/mol. The number of hydrogen-bond donors (Lipinski definition) is 1. The van der Waals surface area contributed by atoms with Crippen molar-refractivity contribution in [3.8, 4) is 0 Å². The van der Waals surface area contributed by atoms with Gasteiger partial charge in [0.25, 0.3) is 0 Å². The van der Waals surface area contributed by atoms with E-state index in [-0.39, 0.29) is 0 Å². The molecule has 3 atom stereocenters. The topological polar surface area (TPSA) is 50.7 Å². The van der Waals surface area contributed by atoms with E-state index in [9.17, 15) is 0 Å². The van der Waals surface area contributed by atoms with Crippen LogP contribution in [0.2, 0.25) is 0 Å². The molecule has 0 amide bonds. The largest absolute Gasteiger partial charge is 0.350 e. The third kappa shape index (κ3) is 2.93. The molecule has 4 nitrogen and oxygen atoms in total. The molecule has 3 unspecified atom stereocenters. The third-order valence-corrected chi connectivity index (χ3v) is 4.02. The molecule has 0 spiro atoms. The number of aromatic nitrogens is 3. The van der Waals surface area contributed by atoms with E-state index < -0.39 is 0 Å². The smallest absolute Gasteiger partial charge is 0.243 e. The van der Waals surface area contributed by atoms with Gasteiger partial charge in [0.05, 0.1) is 11.4 Å². The standard InChI is InChI=1S/C13H22N4/c1-8-5-6-12(7-9(8)2)15-13-14-10(3)11(4)16-17-13/h8-9,12H,5-7H2,1-4H3,(H,14,15,17). The van der Waals surface area contributed by atoms with Crippen molar-refractivity contribution in [1.82, 2.24) is 15.2 Å². The van der Waals surface area contributed by atoms with Crippen LogP contribution in [0.5, 0.6) is 0 Å². The Labute approximate surface area is 103 Å². The van der Waals surface area contributed by atoms with E-state index in [2.05, 4.69) is 34.3 Å². The van der Waals surface area contributed by atoms with Gasteiger partial charge >= 0.3 is 0 Å². The summed E-state index contributed by atoms with van der Waals surface area (Å²) in [7, 11) is 0. The van der Waals surface area contributed by atoms with Crippen LogP contribution >= 0.6 is 0 Å². The number of anilines is 1. The summed E-state index contributed by atoms with van der Waals surface area (Å²) >= 11 is 0. The summed E-state index contributed by atoms with van der Waals surface area (Å²) in [5.74, 6) is 2.30. The lowest BCUT2D eigenvalue weighted by molar-refractivity contribution is 0.260. The fraction of sp³-hybridized carbons (Fsp3) is 0.769. The fourth-order valence-corrected chi connectivity index (χ4v) is 2.38. The van der Waals surface area contributed by atoms with Crippen molar-refractivity contribution in [2.75, 3.05) is 5.32 Å². The Balaban J connectivity index is 1.99. The van der Waals surface area contributed by atoms with Crippen LogP contribution in [0.15, 0.2) is 0 Å². The first-order chi connectivity index (χ1) is 8.06. The number of nitrogens with zero attached hydrogens (tertiary/aromatic N) is 3. The van der Waals surface area contributed by atoms with Gasteiger partial charge in [-0.1, -0.05) is 13.8 Å². The SMILES string of the molecule is Cc1nnc(NC2CCC(C)C(C)C2)nc1C. The van der Waals surface area contributed by atoms with Gasteiger partial charge in [-0.3, -0.25) is 0 Å². The van der Waals surface area contributed by atoms with Crippen molar-refractivity contribution in [2.45, 2.75) is 53.0 Å². The average Bonchev–Trinajstić information content (AvgIpc) is 2.29. The first-order valence-corrected chi connectivity index (χ1v) is 6.50. The highest BCUT2D eigenvalue weighted by atomic mass is 15.2. The Morgan fingerprint density at radius 3 is 2.41 bits per heavy atom. The molecule has 94 valence electrons. The second kappa shape index (κ2) is 4.98. The molecule has 4 heteroatoms. The van der Waals surface area contributed by atoms with E-state index in [4.69, 9.17) is 0 Å². The van der Waals surface area contributed by atoms with Crippen LogP contribution in [0.4, 0.5) is 5.95 Å². The van der Waals surface area contributed by atoms with Crippen LogP contribution in [-0.2, 0) is 0 Å². The third-order valence-electron chi connectivity index (χ3n) is 4.02. The van der Waals surface area contributed by atoms with Gasteiger partial charge in [-0.15, -0.1) is 5.10 Å². The van der Waals surface area contributed by atoms with Crippen molar-refractivity contribution in [1.29, 1.82) is 0 Å². The minimum Gasteiger partial charge on any atom is -0.350 e. The molecule has 1 N–H and O–H groups in total. The van der Waals surface area contributed by atoms with Crippen LogP contribution in [-0.4, -0.2) is 21.2 Å². The number of hydrogen-bond acceptors (Lipinski definition) is 4. The van der Waals surface area contributed by atoms with Gasteiger partial charge < -0.3 is 5.32 Å². The molecule has 1 aliphatic rings. The molecule has 0 aliphatic heterocycles. The summed E-state index contributed by atoms with van der Waals surface area (Å²) in [5.41, 5.74) is 1.86. The first-order valence-electron chi connectivity index (χ1n) is 6.50. The highest BCUT2D eigenvalue weighted by Gasteiger charge is 2.24. The average molecular weight is 234 g/mol. The molecular formula is C13H22N4. The molecule has 1 aromatic rings. The molecule has 1 heterocycles. The van der Waals surface area contributed by atoms with E-state index in [0.717, 1.165) is 23.2 Å².